The van der Waals surface area contributed by atoms with Gasteiger partial charge in [-0.15, -0.1) is 10.2 Å². The highest BCUT2D eigenvalue weighted by Gasteiger charge is 2.09. The lowest BCUT2D eigenvalue weighted by Crippen LogP contribution is -2.19. The van der Waals surface area contributed by atoms with Crippen LogP contribution in [-0.2, 0) is 6.61 Å². The lowest BCUT2D eigenvalue weighted by molar-refractivity contribution is 0.262. The molecule has 0 saturated carbocycles. The molecule has 0 aliphatic heterocycles. The van der Waals surface area contributed by atoms with Crippen LogP contribution in [0.4, 0.5) is 15.6 Å². The molecule has 0 aliphatic carbocycles. The van der Waals surface area contributed by atoms with Crippen molar-refractivity contribution in [3.8, 4) is 11.5 Å². The third kappa shape index (κ3) is 5.18. The van der Waals surface area contributed by atoms with E-state index in [4.69, 9.17) is 9.47 Å². The SMILES string of the molecule is CCOc1ccc(NC(=O)Nc2nnc(COc3ccccc3)s2)cc1. The van der Waals surface area contributed by atoms with Gasteiger partial charge in [0.15, 0.2) is 5.01 Å². The molecular weight excluding hydrogens is 352 g/mol. The molecule has 2 N–H and O–H groups in total. The van der Waals surface area contributed by atoms with Gasteiger partial charge in [-0.2, -0.15) is 0 Å². The van der Waals surface area contributed by atoms with Gasteiger partial charge in [-0.1, -0.05) is 29.5 Å². The molecule has 3 rings (SSSR count). The van der Waals surface area contributed by atoms with Gasteiger partial charge in [-0.05, 0) is 43.3 Å². The largest absolute Gasteiger partial charge is 0.494 e. The fourth-order valence-corrected chi connectivity index (χ4v) is 2.73. The highest BCUT2D eigenvalue weighted by Crippen LogP contribution is 2.19. The Hall–Kier alpha value is -3.13. The quantitative estimate of drug-likeness (QED) is 0.652. The zero-order valence-electron chi connectivity index (χ0n) is 14.1. The van der Waals surface area contributed by atoms with Gasteiger partial charge in [0.05, 0.1) is 6.61 Å². The zero-order valence-corrected chi connectivity index (χ0v) is 15.0. The number of urea groups is 1. The summed E-state index contributed by atoms with van der Waals surface area (Å²) in [7, 11) is 0. The molecule has 7 nitrogen and oxygen atoms in total. The molecule has 1 aromatic heterocycles. The smallest absolute Gasteiger partial charge is 0.325 e. The molecule has 0 spiro atoms. The third-order valence-corrected chi connectivity index (χ3v) is 4.03. The Balaban J connectivity index is 1.49. The van der Waals surface area contributed by atoms with Crippen molar-refractivity contribution in [2.24, 2.45) is 0 Å². The Kier molecular flexibility index (Phi) is 6.00. The minimum absolute atomic E-state index is 0.296. The monoisotopic (exact) mass is 370 g/mol. The molecule has 0 bridgehead atoms. The summed E-state index contributed by atoms with van der Waals surface area (Å²) in [5.74, 6) is 1.51. The van der Waals surface area contributed by atoms with Crippen LogP contribution in [0.5, 0.6) is 11.5 Å². The molecule has 3 aromatic rings. The number of ether oxygens (including phenoxy) is 2. The van der Waals surface area contributed by atoms with Gasteiger partial charge in [0, 0.05) is 5.69 Å². The number of amides is 2. The second-order valence-electron chi connectivity index (χ2n) is 5.14. The van der Waals surface area contributed by atoms with E-state index in [0.717, 1.165) is 11.5 Å². The molecule has 8 heteroatoms. The number of hydrogen-bond donors (Lipinski definition) is 2. The number of nitrogens with one attached hydrogen (secondary N) is 2. The maximum Gasteiger partial charge on any atom is 0.325 e. The number of anilines is 2. The van der Waals surface area contributed by atoms with Crippen LogP contribution in [-0.4, -0.2) is 22.8 Å². The summed E-state index contributed by atoms with van der Waals surface area (Å²) in [6, 6.07) is 16.2. The number of carbonyl (C=O) groups is 1. The molecule has 2 aromatic carbocycles. The van der Waals surface area contributed by atoms with Gasteiger partial charge in [-0.3, -0.25) is 5.32 Å². The average molecular weight is 370 g/mol. The number of carbonyl (C=O) groups excluding carboxylic acids is 1. The highest BCUT2D eigenvalue weighted by molar-refractivity contribution is 7.15. The van der Waals surface area contributed by atoms with Gasteiger partial charge >= 0.3 is 6.03 Å². The summed E-state index contributed by atoms with van der Waals surface area (Å²) in [5, 5.41) is 14.4. The summed E-state index contributed by atoms with van der Waals surface area (Å²) in [6.07, 6.45) is 0. The summed E-state index contributed by atoms with van der Waals surface area (Å²) in [5.41, 5.74) is 0.656. The molecule has 26 heavy (non-hydrogen) atoms. The topological polar surface area (TPSA) is 85.4 Å². The molecule has 0 saturated heterocycles. The Morgan fingerprint density at radius 2 is 1.69 bits per heavy atom. The maximum atomic E-state index is 12.0. The van der Waals surface area contributed by atoms with E-state index in [1.54, 1.807) is 24.3 Å². The first-order valence-electron chi connectivity index (χ1n) is 8.04. The number of rotatable bonds is 7. The molecule has 0 aliphatic rings. The van der Waals surface area contributed by atoms with Crippen molar-refractivity contribution < 1.29 is 14.3 Å². The van der Waals surface area contributed by atoms with Crippen molar-refractivity contribution in [3.05, 3.63) is 59.6 Å². The van der Waals surface area contributed by atoms with E-state index < -0.39 is 0 Å². The van der Waals surface area contributed by atoms with Crippen LogP contribution in [0.25, 0.3) is 0 Å². The second-order valence-corrected chi connectivity index (χ2v) is 6.20. The molecule has 134 valence electrons. The summed E-state index contributed by atoms with van der Waals surface area (Å²) < 4.78 is 11.0. The Morgan fingerprint density at radius 1 is 0.962 bits per heavy atom. The van der Waals surface area contributed by atoms with E-state index >= 15 is 0 Å². The predicted molar refractivity (Wildman–Crippen MR) is 101 cm³/mol. The van der Waals surface area contributed by atoms with E-state index in [-0.39, 0.29) is 6.03 Å². The number of nitrogens with zero attached hydrogens (tertiary/aromatic N) is 2. The minimum Gasteiger partial charge on any atom is -0.494 e. The van der Waals surface area contributed by atoms with E-state index in [0.29, 0.717) is 29.0 Å². The average Bonchev–Trinajstić information content (AvgIpc) is 3.10. The summed E-state index contributed by atoms with van der Waals surface area (Å²) >= 11 is 1.26. The summed E-state index contributed by atoms with van der Waals surface area (Å²) in [4.78, 5) is 12.0. The fraction of sp³-hybridized carbons (Fsp3) is 0.167. The maximum absolute atomic E-state index is 12.0. The Bertz CT molecular complexity index is 837. The van der Waals surface area contributed by atoms with Crippen LogP contribution in [0, 0.1) is 0 Å². The predicted octanol–water partition coefficient (Wildman–Crippen LogP) is 4.16. The van der Waals surface area contributed by atoms with E-state index in [2.05, 4.69) is 20.8 Å². The lowest BCUT2D eigenvalue weighted by atomic mass is 10.3. The van der Waals surface area contributed by atoms with Gasteiger partial charge in [0.2, 0.25) is 5.13 Å². The van der Waals surface area contributed by atoms with Crippen molar-refractivity contribution in [1.82, 2.24) is 10.2 Å². The molecular formula is C18H18N4O3S. The van der Waals surface area contributed by atoms with Gasteiger partial charge in [0.1, 0.15) is 18.1 Å². The van der Waals surface area contributed by atoms with Crippen molar-refractivity contribution in [1.29, 1.82) is 0 Å². The van der Waals surface area contributed by atoms with Crippen LogP contribution in [0.3, 0.4) is 0 Å². The van der Waals surface area contributed by atoms with Crippen molar-refractivity contribution >= 4 is 28.2 Å². The van der Waals surface area contributed by atoms with E-state index in [9.17, 15) is 4.79 Å². The lowest BCUT2D eigenvalue weighted by Gasteiger charge is -2.07. The first-order valence-corrected chi connectivity index (χ1v) is 8.85. The Labute approximate surface area is 155 Å². The van der Waals surface area contributed by atoms with Crippen molar-refractivity contribution in [2.75, 3.05) is 17.2 Å². The van der Waals surface area contributed by atoms with Gasteiger partial charge < -0.3 is 14.8 Å². The first-order chi connectivity index (χ1) is 12.7. The van der Waals surface area contributed by atoms with Crippen LogP contribution >= 0.6 is 11.3 Å². The number of aromatic nitrogens is 2. The molecule has 0 radical (unpaired) electrons. The van der Waals surface area contributed by atoms with E-state index in [1.165, 1.54) is 11.3 Å². The van der Waals surface area contributed by atoms with Crippen molar-refractivity contribution in [2.45, 2.75) is 13.5 Å². The Morgan fingerprint density at radius 3 is 2.42 bits per heavy atom. The second kappa shape index (κ2) is 8.82. The number of para-hydroxylation sites is 1. The van der Waals surface area contributed by atoms with Crippen LogP contribution in [0.2, 0.25) is 0 Å². The van der Waals surface area contributed by atoms with Gasteiger partial charge in [-0.25, -0.2) is 4.79 Å². The van der Waals surface area contributed by atoms with Crippen LogP contribution in [0.1, 0.15) is 11.9 Å². The molecule has 0 unspecified atom stereocenters. The molecule has 0 fully saturated rings. The number of hydrogen-bond acceptors (Lipinski definition) is 6. The molecule has 0 atom stereocenters. The highest BCUT2D eigenvalue weighted by atomic mass is 32.1. The van der Waals surface area contributed by atoms with Crippen LogP contribution < -0.4 is 20.1 Å². The molecule has 1 heterocycles. The third-order valence-electron chi connectivity index (χ3n) is 3.22. The number of benzene rings is 2. The molecule has 2 amide bonds. The first kappa shape index (κ1) is 17.7. The summed E-state index contributed by atoms with van der Waals surface area (Å²) in [6.45, 7) is 2.81. The van der Waals surface area contributed by atoms with E-state index in [1.807, 2.05) is 37.3 Å². The van der Waals surface area contributed by atoms with Crippen molar-refractivity contribution in [3.63, 3.8) is 0 Å². The van der Waals surface area contributed by atoms with Gasteiger partial charge in [0.25, 0.3) is 0 Å². The zero-order chi connectivity index (χ0) is 18.2. The van der Waals surface area contributed by atoms with Crippen LogP contribution in [0.15, 0.2) is 54.6 Å². The normalized spacial score (nSPS) is 10.2. The minimum atomic E-state index is -0.388. The standard InChI is InChI=1S/C18H18N4O3S/c1-2-24-15-10-8-13(9-11-15)19-17(23)20-18-22-21-16(26-18)12-25-14-6-4-3-5-7-14/h3-11H,2,12H2,1H3,(H2,19,20,22,23). The fourth-order valence-electron chi connectivity index (χ4n) is 2.08.